The molecule has 2 aromatic heterocycles. The molecule has 0 aliphatic rings. The zero-order valence-corrected chi connectivity index (χ0v) is 13.3. The summed E-state index contributed by atoms with van der Waals surface area (Å²) in [4.78, 5) is 4.13. The Morgan fingerprint density at radius 2 is 1.32 bits per heavy atom. The highest BCUT2D eigenvalue weighted by molar-refractivity contribution is 6.10. The topological polar surface area (TPSA) is 61.4 Å². The van der Waals surface area contributed by atoms with Gasteiger partial charge in [-0.3, -0.25) is 0 Å². The van der Waals surface area contributed by atoms with Crippen LogP contribution in [0.1, 0.15) is 5.56 Å². The van der Waals surface area contributed by atoms with Crippen LogP contribution in [0.3, 0.4) is 0 Å². The molecule has 0 N–H and O–H groups in total. The van der Waals surface area contributed by atoms with Crippen molar-refractivity contribution in [3.63, 3.8) is 0 Å². The van der Waals surface area contributed by atoms with Gasteiger partial charge in [0, 0.05) is 10.8 Å². The fourth-order valence-corrected chi connectivity index (χ4v) is 3.42. The Bertz CT molecular complexity index is 1100. The molecule has 120 valence electrons. The average molecular weight is 326 g/mol. The molecule has 5 aromatic rings. The summed E-state index contributed by atoms with van der Waals surface area (Å²) in [5.41, 5.74) is 2.30. The number of aromatic nitrogens is 6. The first-order valence-corrected chi connectivity index (χ1v) is 8.01. The molecule has 0 aliphatic heterocycles. The number of fused-ring (bicyclic) bond motifs is 2. The molecule has 0 amide bonds. The number of nitrogens with zero attached hydrogens (tertiary/aromatic N) is 6. The van der Waals surface area contributed by atoms with E-state index in [2.05, 4.69) is 68.8 Å². The summed E-state index contributed by atoms with van der Waals surface area (Å²) in [6.45, 7) is 0.714. The van der Waals surface area contributed by atoms with E-state index in [0.717, 1.165) is 16.5 Å². The van der Waals surface area contributed by atoms with Gasteiger partial charge < -0.3 is 4.57 Å². The lowest BCUT2D eigenvalue weighted by molar-refractivity contribution is 0.804. The smallest absolute Gasteiger partial charge is 0.138 e. The molecule has 0 atom stereocenters. The maximum Gasteiger partial charge on any atom is 0.138 e. The minimum absolute atomic E-state index is 0.714. The molecule has 2 heterocycles. The van der Waals surface area contributed by atoms with E-state index < -0.39 is 0 Å². The second kappa shape index (κ2) is 5.52. The Morgan fingerprint density at radius 3 is 1.88 bits per heavy atom. The summed E-state index contributed by atoms with van der Waals surface area (Å²) in [5, 5.41) is 16.9. The van der Waals surface area contributed by atoms with Crippen LogP contribution in [0.15, 0.2) is 73.8 Å². The Kier molecular flexibility index (Phi) is 3.06. The van der Waals surface area contributed by atoms with Crippen molar-refractivity contribution >= 4 is 21.5 Å². The van der Waals surface area contributed by atoms with E-state index in [1.165, 1.54) is 16.3 Å². The van der Waals surface area contributed by atoms with Crippen LogP contribution in [0, 0.1) is 0 Å². The summed E-state index contributed by atoms with van der Waals surface area (Å²) in [6.07, 6.45) is 6.80. The second-order valence-electron chi connectivity index (χ2n) is 5.89. The zero-order chi connectivity index (χ0) is 16.6. The average Bonchev–Trinajstić information content (AvgIpc) is 3.36. The minimum Gasteiger partial charge on any atom is -0.316 e. The fourth-order valence-electron chi connectivity index (χ4n) is 3.42. The maximum absolute atomic E-state index is 4.37. The second-order valence-corrected chi connectivity index (χ2v) is 5.89. The molecular formula is C19H14N6. The first-order valence-electron chi connectivity index (χ1n) is 8.01. The van der Waals surface area contributed by atoms with Crippen LogP contribution < -0.4 is 0 Å². The summed E-state index contributed by atoms with van der Waals surface area (Å²) < 4.78 is 3.83. The maximum atomic E-state index is 4.37. The molecule has 5 rings (SSSR count). The molecule has 25 heavy (non-hydrogen) atoms. The number of rotatable bonds is 3. The SMILES string of the molecule is c1ccc2c(-n3cncn3)c3ccccc3c(Cn3cnnc3)c2c1. The van der Waals surface area contributed by atoms with Crippen molar-refractivity contribution in [2.24, 2.45) is 0 Å². The predicted molar refractivity (Wildman–Crippen MR) is 95.5 cm³/mol. The zero-order valence-electron chi connectivity index (χ0n) is 13.3. The van der Waals surface area contributed by atoms with Gasteiger partial charge in [-0.25, -0.2) is 9.67 Å². The number of hydrogen-bond acceptors (Lipinski definition) is 4. The normalized spacial score (nSPS) is 11.4. The van der Waals surface area contributed by atoms with Gasteiger partial charge in [-0.2, -0.15) is 5.10 Å². The fraction of sp³-hybridized carbons (Fsp3) is 0.0526. The molecule has 3 aromatic carbocycles. The van der Waals surface area contributed by atoms with Gasteiger partial charge in [-0.15, -0.1) is 10.2 Å². The van der Waals surface area contributed by atoms with Crippen molar-refractivity contribution in [3.05, 3.63) is 79.4 Å². The van der Waals surface area contributed by atoms with Crippen LogP contribution >= 0.6 is 0 Å². The summed E-state index contributed by atoms with van der Waals surface area (Å²) >= 11 is 0. The van der Waals surface area contributed by atoms with Crippen LogP contribution in [0.2, 0.25) is 0 Å². The van der Waals surface area contributed by atoms with Crippen LogP contribution in [-0.2, 0) is 6.54 Å². The molecule has 0 aliphatic carbocycles. The molecule has 0 bridgehead atoms. The molecule has 0 saturated heterocycles. The largest absolute Gasteiger partial charge is 0.316 e. The van der Waals surface area contributed by atoms with Crippen molar-refractivity contribution < 1.29 is 0 Å². The van der Waals surface area contributed by atoms with Crippen molar-refractivity contribution in [2.75, 3.05) is 0 Å². The monoisotopic (exact) mass is 326 g/mol. The van der Waals surface area contributed by atoms with E-state index in [1.54, 1.807) is 25.3 Å². The van der Waals surface area contributed by atoms with Gasteiger partial charge in [0.05, 0.1) is 12.2 Å². The summed E-state index contributed by atoms with van der Waals surface area (Å²) in [6, 6.07) is 16.8. The first-order chi connectivity index (χ1) is 12.4. The molecule has 6 heteroatoms. The Balaban J connectivity index is 1.92. The van der Waals surface area contributed by atoms with Gasteiger partial charge in [0.2, 0.25) is 0 Å². The van der Waals surface area contributed by atoms with Crippen molar-refractivity contribution in [2.45, 2.75) is 6.54 Å². The molecular weight excluding hydrogens is 312 g/mol. The molecule has 0 saturated carbocycles. The van der Waals surface area contributed by atoms with Crippen molar-refractivity contribution in [1.82, 2.24) is 29.5 Å². The van der Waals surface area contributed by atoms with E-state index >= 15 is 0 Å². The quantitative estimate of drug-likeness (QED) is 0.478. The third-order valence-electron chi connectivity index (χ3n) is 4.47. The van der Waals surface area contributed by atoms with Gasteiger partial charge in [0.15, 0.2) is 0 Å². The number of hydrogen-bond donors (Lipinski definition) is 0. The number of benzene rings is 3. The third-order valence-corrected chi connectivity index (χ3v) is 4.47. The molecule has 0 spiro atoms. The third kappa shape index (κ3) is 2.19. The van der Waals surface area contributed by atoms with Crippen LogP contribution in [-0.4, -0.2) is 29.5 Å². The lowest BCUT2D eigenvalue weighted by Crippen LogP contribution is -2.03. The summed E-state index contributed by atoms with van der Waals surface area (Å²) in [5.74, 6) is 0. The van der Waals surface area contributed by atoms with E-state index in [-0.39, 0.29) is 0 Å². The Hall–Kier alpha value is -3.54. The highest BCUT2D eigenvalue weighted by Gasteiger charge is 2.15. The lowest BCUT2D eigenvalue weighted by atomic mass is 9.94. The van der Waals surface area contributed by atoms with Crippen molar-refractivity contribution in [3.8, 4) is 5.69 Å². The highest BCUT2D eigenvalue weighted by atomic mass is 15.3. The van der Waals surface area contributed by atoms with Crippen LogP contribution in [0.25, 0.3) is 27.2 Å². The van der Waals surface area contributed by atoms with E-state index in [0.29, 0.717) is 6.54 Å². The van der Waals surface area contributed by atoms with E-state index in [1.807, 2.05) is 9.25 Å². The Labute approximate surface area is 143 Å². The van der Waals surface area contributed by atoms with Gasteiger partial charge in [-0.1, -0.05) is 48.5 Å². The molecule has 0 unspecified atom stereocenters. The standard InChI is InChI=1S/C19H14N6/c1-3-7-16-14(5-1)18(9-24-12-21-22-13-24)15-6-2-4-8-17(15)19(16)25-11-20-10-23-25/h1-8,10-13H,9H2. The van der Waals surface area contributed by atoms with E-state index in [9.17, 15) is 0 Å². The first kappa shape index (κ1) is 13.9. The van der Waals surface area contributed by atoms with Crippen LogP contribution in [0.5, 0.6) is 0 Å². The lowest BCUT2D eigenvalue weighted by Gasteiger charge is -2.16. The van der Waals surface area contributed by atoms with Crippen LogP contribution in [0.4, 0.5) is 0 Å². The minimum atomic E-state index is 0.714. The molecule has 0 fully saturated rings. The van der Waals surface area contributed by atoms with Gasteiger partial charge in [-0.05, 0) is 16.3 Å². The Morgan fingerprint density at radius 1 is 0.720 bits per heavy atom. The summed E-state index contributed by atoms with van der Waals surface area (Å²) in [7, 11) is 0. The van der Waals surface area contributed by atoms with Gasteiger partial charge in [0.1, 0.15) is 25.3 Å². The van der Waals surface area contributed by atoms with Gasteiger partial charge in [0.25, 0.3) is 0 Å². The highest BCUT2D eigenvalue weighted by Crippen LogP contribution is 2.35. The predicted octanol–water partition coefficient (Wildman–Crippen LogP) is 3.21. The van der Waals surface area contributed by atoms with Gasteiger partial charge >= 0.3 is 0 Å². The van der Waals surface area contributed by atoms with E-state index in [4.69, 9.17) is 0 Å². The molecule has 0 radical (unpaired) electrons. The molecule has 6 nitrogen and oxygen atoms in total. The van der Waals surface area contributed by atoms with Crippen molar-refractivity contribution in [1.29, 1.82) is 0 Å².